The van der Waals surface area contributed by atoms with Gasteiger partial charge in [0.2, 0.25) is 11.8 Å². The van der Waals surface area contributed by atoms with Gasteiger partial charge in [0.05, 0.1) is 18.3 Å². The number of thioether (sulfide) groups is 1. The first kappa shape index (κ1) is 15.1. The Balaban J connectivity index is 1.59. The number of amides is 3. The number of hydrogen-bond acceptors (Lipinski definition) is 5. The van der Waals surface area contributed by atoms with Gasteiger partial charge in [-0.25, -0.2) is 0 Å². The predicted octanol–water partition coefficient (Wildman–Crippen LogP) is 1.57. The summed E-state index contributed by atoms with van der Waals surface area (Å²) < 4.78 is 0. The van der Waals surface area contributed by atoms with Crippen molar-refractivity contribution < 1.29 is 14.4 Å². The smallest absolute Gasteiger partial charge is 0.289 e. The third kappa shape index (κ3) is 3.31. The second-order valence-electron chi connectivity index (χ2n) is 5.37. The lowest BCUT2D eigenvalue weighted by molar-refractivity contribution is -0.125. The van der Waals surface area contributed by atoms with Crippen LogP contribution in [0.15, 0.2) is 24.3 Å². The summed E-state index contributed by atoms with van der Waals surface area (Å²) in [5.74, 6) is 0.0488. The van der Waals surface area contributed by atoms with E-state index in [9.17, 15) is 14.4 Å². The van der Waals surface area contributed by atoms with E-state index in [2.05, 4.69) is 10.6 Å². The van der Waals surface area contributed by atoms with Crippen LogP contribution in [-0.2, 0) is 16.1 Å². The van der Waals surface area contributed by atoms with E-state index in [0.717, 1.165) is 42.4 Å². The maximum atomic E-state index is 12.0. The molecular formula is C15H17N3O3S. The Morgan fingerprint density at radius 1 is 1.32 bits per heavy atom. The summed E-state index contributed by atoms with van der Waals surface area (Å²) in [6.07, 6.45) is 1.88. The number of benzene rings is 1. The topological polar surface area (TPSA) is 78.5 Å². The van der Waals surface area contributed by atoms with Gasteiger partial charge in [-0.3, -0.25) is 19.3 Å². The van der Waals surface area contributed by atoms with Crippen LogP contribution in [0.2, 0.25) is 0 Å². The Hall–Kier alpha value is -1.86. The molecule has 1 aromatic rings. The number of carbonyl (C=O) groups excluding carboxylic acids is 3. The Labute approximate surface area is 132 Å². The van der Waals surface area contributed by atoms with Crippen LogP contribution in [0.1, 0.15) is 18.4 Å². The van der Waals surface area contributed by atoms with Crippen LogP contribution in [0.3, 0.4) is 0 Å². The number of carbonyl (C=O) groups is 3. The highest BCUT2D eigenvalue weighted by Gasteiger charge is 2.29. The molecule has 2 N–H and O–H groups in total. The van der Waals surface area contributed by atoms with Crippen LogP contribution in [0, 0.1) is 0 Å². The number of hydrogen-bond donors (Lipinski definition) is 2. The van der Waals surface area contributed by atoms with Crippen molar-refractivity contribution in [3.05, 3.63) is 29.8 Å². The van der Waals surface area contributed by atoms with E-state index in [1.54, 1.807) is 12.1 Å². The third-order valence-corrected chi connectivity index (χ3v) is 4.64. The van der Waals surface area contributed by atoms with Gasteiger partial charge in [-0.2, -0.15) is 0 Å². The molecule has 1 unspecified atom stereocenters. The first-order chi connectivity index (χ1) is 10.6. The quantitative estimate of drug-likeness (QED) is 0.881. The Kier molecular flexibility index (Phi) is 4.44. The lowest BCUT2D eigenvalue weighted by Crippen LogP contribution is -2.35. The second kappa shape index (κ2) is 6.50. The van der Waals surface area contributed by atoms with E-state index in [1.165, 1.54) is 4.90 Å². The van der Waals surface area contributed by atoms with Crippen molar-refractivity contribution >= 4 is 34.5 Å². The van der Waals surface area contributed by atoms with E-state index in [0.29, 0.717) is 0 Å². The average molecular weight is 319 g/mol. The molecule has 6 nitrogen and oxygen atoms in total. The molecule has 1 aromatic carbocycles. The van der Waals surface area contributed by atoms with Gasteiger partial charge >= 0.3 is 0 Å². The minimum absolute atomic E-state index is 0.0217. The number of nitrogens with one attached hydrogen (secondary N) is 2. The molecule has 2 fully saturated rings. The molecule has 2 saturated heterocycles. The van der Waals surface area contributed by atoms with Crippen molar-refractivity contribution in [1.82, 2.24) is 10.2 Å². The zero-order chi connectivity index (χ0) is 15.5. The van der Waals surface area contributed by atoms with E-state index < -0.39 is 0 Å². The van der Waals surface area contributed by atoms with E-state index >= 15 is 0 Å². The van der Waals surface area contributed by atoms with Crippen LogP contribution < -0.4 is 10.6 Å². The summed E-state index contributed by atoms with van der Waals surface area (Å²) in [4.78, 5) is 36.4. The first-order valence-corrected chi connectivity index (χ1v) is 8.22. The molecule has 0 bridgehead atoms. The maximum absolute atomic E-state index is 12.0. The van der Waals surface area contributed by atoms with Gasteiger partial charge in [-0.15, -0.1) is 0 Å². The van der Waals surface area contributed by atoms with Crippen molar-refractivity contribution in [1.29, 1.82) is 0 Å². The fourth-order valence-electron chi connectivity index (χ4n) is 2.55. The number of anilines is 1. The van der Waals surface area contributed by atoms with Crippen LogP contribution in [0.25, 0.3) is 0 Å². The van der Waals surface area contributed by atoms with E-state index in [-0.39, 0.29) is 35.4 Å². The molecule has 7 heteroatoms. The molecule has 2 aliphatic heterocycles. The summed E-state index contributed by atoms with van der Waals surface area (Å²) in [6.45, 7) is 1.16. The normalized spacial score (nSPS) is 21.5. The van der Waals surface area contributed by atoms with Crippen LogP contribution in [0.4, 0.5) is 10.5 Å². The maximum Gasteiger partial charge on any atom is 0.289 e. The molecular weight excluding hydrogens is 302 g/mol. The Bertz CT molecular complexity index is 581. The molecule has 2 heterocycles. The van der Waals surface area contributed by atoms with E-state index in [4.69, 9.17) is 0 Å². The fourth-order valence-corrected chi connectivity index (χ4v) is 3.27. The third-order valence-electron chi connectivity index (χ3n) is 3.78. The van der Waals surface area contributed by atoms with Crippen molar-refractivity contribution in [2.24, 2.45) is 0 Å². The molecule has 0 aliphatic carbocycles. The minimum Gasteiger partial charge on any atom is -0.325 e. The largest absolute Gasteiger partial charge is 0.325 e. The number of rotatable bonds is 4. The van der Waals surface area contributed by atoms with Gasteiger partial charge in [-0.1, -0.05) is 23.9 Å². The summed E-state index contributed by atoms with van der Waals surface area (Å²) in [6, 6.07) is 7.11. The molecule has 1 atom stereocenters. The SMILES string of the molecule is O=C(Nc1ccc(CN2C(=O)CSC2=O)cc1)C1CCCN1. The van der Waals surface area contributed by atoms with Crippen molar-refractivity contribution in [3.8, 4) is 0 Å². The lowest BCUT2D eigenvalue weighted by atomic mass is 10.1. The van der Waals surface area contributed by atoms with Gasteiger partial charge < -0.3 is 10.6 Å². The molecule has 0 saturated carbocycles. The highest BCUT2D eigenvalue weighted by molar-refractivity contribution is 8.14. The lowest BCUT2D eigenvalue weighted by Gasteiger charge is -2.14. The molecule has 0 aromatic heterocycles. The standard InChI is InChI=1S/C15H17N3O3S/c19-13-9-22-15(21)18(13)8-10-3-5-11(6-4-10)17-14(20)12-2-1-7-16-12/h3-6,12,16H,1-2,7-9H2,(H,17,20). The van der Waals surface area contributed by atoms with Gasteiger partial charge in [0.25, 0.3) is 5.24 Å². The summed E-state index contributed by atoms with van der Waals surface area (Å²) in [7, 11) is 0. The van der Waals surface area contributed by atoms with Crippen LogP contribution in [0.5, 0.6) is 0 Å². The molecule has 3 rings (SSSR count). The van der Waals surface area contributed by atoms with Crippen molar-refractivity contribution in [2.75, 3.05) is 17.6 Å². The van der Waals surface area contributed by atoms with E-state index in [1.807, 2.05) is 12.1 Å². The molecule has 3 amide bonds. The number of nitrogens with zero attached hydrogens (tertiary/aromatic N) is 1. The second-order valence-corrected chi connectivity index (χ2v) is 6.30. The zero-order valence-corrected chi connectivity index (χ0v) is 12.8. The predicted molar refractivity (Wildman–Crippen MR) is 84.5 cm³/mol. The molecule has 0 spiro atoms. The molecule has 2 aliphatic rings. The number of imide groups is 1. The van der Waals surface area contributed by atoms with Gasteiger partial charge in [0.15, 0.2) is 0 Å². The first-order valence-electron chi connectivity index (χ1n) is 7.24. The van der Waals surface area contributed by atoms with Gasteiger partial charge in [0.1, 0.15) is 0 Å². The Morgan fingerprint density at radius 2 is 2.09 bits per heavy atom. The van der Waals surface area contributed by atoms with Crippen LogP contribution >= 0.6 is 11.8 Å². The van der Waals surface area contributed by atoms with Crippen molar-refractivity contribution in [3.63, 3.8) is 0 Å². The molecule has 116 valence electrons. The highest BCUT2D eigenvalue weighted by Crippen LogP contribution is 2.22. The van der Waals surface area contributed by atoms with Gasteiger partial charge in [0, 0.05) is 5.69 Å². The summed E-state index contributed by atoms with van der Waals surface area (Å²) in [5.41, 5.74) is 1.58. The molecule has 22 heavy (non-hydrogen) atoms. The molecule has 0 radical (unpaired) electrons. The summed E-state index contributed by atoms with van der Waals surface area (Å²) in [5, 5.41) is 5.82. The van der Waals surface area contributed by atoms with Crippen molar-refractivity contribution in [2.45, 2.75) is 25.4 Å². The highest BCUT2D eigenvalue weighted by atomic mass is 32.2. The fraction of sp³-hybridized carbons (Fsp3) is 0.400. The zero-order valence-electron chi connectivity index (χ0n) is 12.0. The summed E-state index contributed by atoms with van der Waals surface area (Å²) >= 11 is 1.03. The monoisotopic (exact) mass is 319 g/mol. The van der Waals surface area contributed by atoms with Gasteiger partial charge in [-0.05, 0) is 37.1 Å². The van der Waals surface area contributed by atoms with Crippen LogP contribution in [-0.4, -0.2) is 40.3 Å². The minimum atomic E-state index is -0.199. The average Bonchev–Trinajstić information content (AvgIpc) is 3.15. The Morgan fingerprint density at radius 3 is 2.68 bits per heavy atom.